The Hall–Kier alpha value is -2.49. The van der Waals surface area contributed by atoms with Gasteiger partial charge in [0.15, 0.2) is 0 Å². The van der Waals surface area contributed by atoms with E-state index in [0.717, 1.165) is 34.5 Å². The lowest BCUT2D eigenvalue weighted by molar-refractivity contribution is 0.0584. The molecule has 0 aromatic heterocycles. The number of amides is 1. The molecule has 0 spiro atoms. The number of nitrogens with zero attached hydrogens (tertiary/aromatic N) is 1. The third-order valence-electron chi connectivity index (χ3n) is 3.99. The fourth-order valence-electron chi connectivity index (χ4n) is 3.02. The first-order valence-electron chi connectivity index (χ1n) is 8.16. The summed E-state index contributed by atoms with van der Waals surface area (Å²) in [5, 5.41) is 0. The topological polar surface area (TPSA) is 38.8 Å². The van der Waals surface area contributed by atoms with E-state index in [1.165, 1.54) is 0 Å². The van der Waals surface area contributed by atoms with Gasteiger partial charge in [0.2, 0.25) is 0 Å². The third-order valence-corrected chi connectivity index (χ3v) is 3.99. The second kappa shape index (κ2) is 6.19. The van der Waals surface area contributed by atoms with Crippen LogP contribution < -0.4 is 9.64 Å². The van der Waals surface area contributed by atoms with Gasteiger partial charge in [0.25, 0.3) is 0 Å². The monoisotopic (exact) mass is 325 g/mol. The van der Waals surface area contributed by atoms with E-state index in [2.05, 4.69) is 0 Å². The van der Waals surface area contributed by atoms with Crippen LogP contribution in [0.5, 0.6) is 5.75 Å². The molecule has 0 saturated heterocycles. The van der Waals surface area contributed by atoms with Crippen molar-refractivity contribution in [1.29, 1.82) is 0 Å². The Labute approximate surface area is 143 Å². The fourth-order valence-corrected chi connectivity index (χ4v) is 3.02. The summed E-state index contributed by atoms with van der Waals surface area (Å²) in [5.41, 5.74) is 3.49. The highest BCUT2D eigenvalue weighted by Gasteiger charge is 2.32. The molecule has 2 aromatic carbocycles. The quantitative estimate of drug-likeness (QED) is 0.806. The highest BCUT2D eigenvalue weighted by atomic mass is 16.6. The minimum Gasteiger partial charge on any atom is -0.496 e. The molecule has 0 atom stereocenters. The zero-order chi connectivity index (χ0) is 17.3. The number of benzene rings is 2. The van der Waals surface area contributed by atoms with Gasteiger partial charge >= 0.3 is 6.09 Å². The van der Waals surface area contributed by atoms with Crippen LogP contribution in [-0.4, -0.2) is 25.3 Å². The van der Waals surface area contributed by atoms with Gasteiger partial charge < -0.3 is 9.47 Å². The number of rotatable bonds is 2. The molecule has 126 valence electrons. The van der Waals surface area contributed by atoms with Gasteiger partial charge in [0.1, 0.15) is 11.4 Å². The molecular formula is C20H23NO3. The Bertz CT molecular complexity index is 747. The van der Waals surface area contributed by atoms with Gasteiger partial charge in [-0.2, -0.15) is 0 Å². The Morgan fingerprint density at radius 3 is 2.42 bits per heavy atom. The van der Waals surface area contributed by atoms with Crippen molar-refractivity contribution in [3.05, 3.63) is 48.0 Å². The standard InChI is InChI=1S/C20H23NO3/c1-20(2,3)24-19(22)21-13-12-15-10-11-16(23-4)17(18(15)21)14-8-6-5-7-9-14/h5-11H,12-13H2,1-4H3. The summed E-state index contributed by atoms with van der Waals surface area (Å²) in [6.07, 6.45) is 0.505. The largest absolute Gasteiger partial charge is 0.496 e. The van der Waals surface area contributed by atoms with Crippen LogP contribution in [0.1, 0.15) is 26.3 Å². The normalized spacial score (nSPS) is 13.6. The first-order chi connectivity index (χ1) is 11.4. The molecule has 2 aromatic rings. The second-order valence-corrected chi connectivity index (χ2v) is 6.90. The van der Waals surface area contributed by atoms with Crippen LogP contribution in [0, 0.1) is 0 Å². The van der Waals surface area contributed by atoms with Crippen LogP contribution in [0.15, 0.2) is 42.5 Å². The number of methoxy groups -OCH3 is 1. The van der Waals surface area contributed by atoms with E-state index in [0.29, 0.717) is 6.54 Å². The van der Waals surface area contributed by atoms with Gasteiger partial charge in [-0.3, -0.25) is 4.90 Å². The number of carbonyl (C=O) groups is 1. The maximum Gasteiger partial charge on any atom is 0.414 e. The van der Waals surface area contributed by atoms with Gasteiger partial charge in [0.05, 0.1) is 12.8 Å². The van der Waals surface area contributed by atoms with Crippen LogP contribution in [0.25, 0.3) is 11.1 Å². The highest BCUT2D eigenvalue weighted by molar-refractivity contribution is 5.99. The van der Waals surface area contributed by atoms with Gasteiger partial charge in [-0.25, -0.2) is 4.79 Å². The summed E-state index contributed by atoms with van der Waals surface area (Å²) in [4.78, 5) is 14.4. The minimum absolute atomic E-state index is 0.313. The van der Waals surface area contributed by atoms with Crippen molar-refractivity contribution < 1.29 is 14.3 Å². The average Bonchev–Trinajstić information content (AvgIpc) is 2.97. The predicted molar refractivity (Wildman–Crippen MR) is 95.7 cm³/mol. The minimum atomic E-state index is -0.522. The van der Waals surface area contributed by atoms with Crippen molar-refractivity contribution >= 4 is 11.8 Å². The molecule has 1 heterocycles. The van der Waals surface area contributed by atoms with Crippen molar-refractivity contribution in [1.82, 2.24) is 0 Å². The van der Waals surface area contributed by atoms with E-state index < -0.39 is 5.60 Å². The first kappa shape index (κ1) is 16.4. The van der Waals surface area contributed by atoms with Gasteiger partial charge in [0, 0.05) is 12.1 Å². The Balaban J connectivity index is 2.11. The van der Waals surface area contributed by atoms with E-state index in [4.69, 9.17) is 9.47 Å². The summed E-state index contributed by atoms with van der Waals surface area (Å²) in [6, 6.07) is 14.0. The van der Waals surface area contributed by atoms with Crippen LogP contribution >= 0.6 is 0 Å². The van der Waals surface area contributed by atoms with Crippen molar-refractivity contribution in [2.24, 2.45) is 0 Å². The lowest BCUT2D eigenvalue weighted by Crippen LogP contribution is -2.36. The van der Waals surface area contributed by atoms with E-state index in [1.807, 2.05) is 63.2 Å². The number of hydrogen-bond donors (Lipinski definition) is 0. The number of carbonyl (C=O) groups excluding carboxylic acids is 1. The number of hydrogen-bond acceptors (Lipinski definition) is 3. The Morgan fingerprint density at radius 2 is 1.79 bits per heavy atom. The van der Waals surface area contributed by atoms with Crippen LogP contribution in [0.4, 0.5) is 10.5 Å². The summed E-state index contributed by atoms with van der Waals surface area (Å²) in [7, 11) is 1.65. The highest BCUT2D eigenvalue weighted by Crippen LogP contribution is 2.44. The molecule has 3 rings (SSSR count). The van der Waals surface area contributed by atoms with Crippen LogP contribution in [0.2, 0.25) is 0 Å². The second-order valence-electron chi connectivity index (χ2n) is 6.90. The molecule has 1 aliphatic rings. The molecule has 0 N–H and O–H groups in total. The predicted octanol–water partition coefficient (Wildman–Crippen LogP) is 4.66. The summed E-state index contributed by atoms with van der Waals surface area (Å²) in [6.45, 7) is 6.26. The molecule has 0 radical (unpaired) electrons. The van der Waals surface area contributed by atoms with E-state index in [9.17, 15) is 4.79 Å². The summed E-state index contributed by atoms with van der Waals surface area (Å²) >= 11 is 0. The van der Waals surface area contributed by atoms with Crippen LogP contribution in [0.3, 0.4) is 0 Å². The molecule has 4 nitrogen and oxygen atoms in total. The Morgan fingerprint density at radius 1 is 1.08 bits per heavy atom. The molecule has 1 amide bonds. The summed E-state index contributed by atoms with van der Waals surface area (Å²) < 4.78 is 11.2. The van der Waals surface area contributed by atoms with Gasteiger partial charge in [-0.1, -0.05) is 36.4 Å². The lowest BCUT2D eigenvalue weighted by atomic mass is 9.99. The maximum absolute atomic E-state index is 12.7. The molecule has 0 aliphatic carbocycles. The van der Waals surface area contributed by atoms with Gasteiger partial charge in [-0.05, 0) is 44.4 Å². The number of ether oxygens (including phenoxy) is 2. The maximum atomic E-state index is 12.7. The third kappa shape index (κ3) is 3.09. The molecule has 0 bridgehead atoms. The molecule has 24 heavy (non-hydrogen) atoms. The molecule has 0 unspecified atom stereocenters. The van der Waals surface area contributed by atoms with Gasteiger partial charge in [-0.15, -0.1) is 0 Å². The van der Waals surface area contributed by atoms with Crippen molar-refractivity contribution in [3.8, 4) is 16.9 Å². The molecule has 0 fully saturated rings. The summed E-state index contributed by atoms with van der Waals surface area (Å²) in [5.74, 6) is 0.760. The molecule has 1 aliphatic heterocycles. The zero-order valence-electron chi connectivity index (χ0n) is 14.6. The van der Waals surface area contributed by atoms with E-state index >= 15 is 0 Å². The zero-order valence-corrected chi connectivity index (χ0v) is 14.6. The fraction of sp³-hybridized carbons (Fsp3) is 0.350. The van der Waals surface area contributed by atoms with Crippen molar-refractivity contribution in [2.45, 2.75) is 32.8 Å². The van der Waals surface area contributed by atoms with E-state index in [1.54, 1.807) is 12.0 Å². The van der Waals surface area contributed by atoms with E-state index in [-0.39, 0.29) is 6.09 Å². The lowest BCUT2D eigenvalue weighted by Gasteiger charge is -2.26. The molecule has 4 heteroatoms. The smallest absolute Gasteiger partial charge is 0.414 e. The SMILES string of the molecule is COc1ccc2c(c1-c1ccccc1)N(C(=O)OC(C)(C)C)CC2. The number of fused-ring (bicyclic) bond motifs is 1. The molecular weight excluding hydrogens is 302 g/mol. The molecule has 0 saturated carbocycles. The Kier molecular flexibility index (Phi) is 4.22. The van der Waals surface area contributed by atoms with Crippen molar-refractivity contribution in [3.63, 3.8) is 0 Å². The average molecular weight is 325 g/mol. The van der Waals surface area contributed by atoms with Crippen molar-refractivity contribution in [2.75, 3.05) is 18.6 Å². The van der Waals surface area contributed by atoms with Crippen LogP contribution in [-0.2, 0) is 11.2 Å². The first-order valence-corrected chi connectivity index (χ1v) is 8.16. The number of anilines is 1.